The van der Waals surface area contributed by atoms with Crippen LogP contribution in [0.4, 0.5) is 5.69 Å². The zero-order valence-electron chi connectivity index (χ0n) is 12.7. The van der Waals surface area contributed by atoms with Crippen molar-refractivity contribution in [2.75, 3.05) is 6.61 Å². The lowest BCUT2D eigenvalue weighted by Crippen LogP contribution is -2.30. The molecule has 0 spiro atoms. The Morgan fingerprint density at radius 2 is 2.05 bits per heavy atom. The van der Waals surface area contributed by atoms with E-state index in [1.165, 1.54) is 19.9 Å². The first-order valence-corrected chi connectivity index (χ1v) is 6.77. The molecule has 0 aliphatic heterocycles. The van der Waals surface area contributed by atoms with Crippen molar-refractivity contribution in [1.29, 1.82) is 0 Å². The second kappa shape index (κ2) is 7.01. The van der Waals surface area contributed by atoms with Gasteiger partial charge in [-0.3, -0.25) is 19.5 Å². The maximum atomic E-state index is 12.0. The summed E-state index contributed by atoms with van der Waals surface area (Å²) in [5.41, 5.74) is -0.450. The van der Waals surface area contributed by atoms with Crippen LogP contribution < -0.4 is 5.56 Å². The molecule has 0 radical (unpaired) electrons. The number of aryl methyl sites for hydroxylation is 1. The summed E-state index contributed by atoms with van der Waals surface area (Å²) in [5.74, 6) is -0.173. The summed E-state index contributed by atoms with van der Waals surface area (Å²) in [6, 6.07) is 0.290. The molecule has 1 heterocycles. The Kier molecular flexibility index (Phi) is 5.63. The number of pyridine rings is 1. The van der Waals surface area contributed by atoms with E-state index < -0.39 is 22.5 Å². The van der Waals surface area contributed by atoms with Gasteiger partial charge in [-0.15, -0.1) is 0 Å². The summed E-state index contributed by atoms with van der Waals surface area (Å²) in [4.78, 5) is 34.2. The number of esters is 1. The zero-order valence-corrected chi connectivity index (χ0v) is 12.7. The van der Waals surface area contributed by atoms with Gasteiger partial charge >= 0.3 is 5.97 Å². The molecule has 116 valence electrons. The molecule has 0 aromatic carbocycles. The van der Waals surface area contributed by atoms with Gasteiger partial charge in [-0.25, -0.2) is 4.79 Å². The first-order chi connectivity index (χ1) is 9.73. The predicted octanol–water partition coefficient (Wildman–Crippen LogP) is 2.22. The quantitative estimate of drug-likeness (QED) is 0.456. The number of carbonyl (C=O) groups excluding carboxylic acids is 1. The molecule has 0 aliphatic rings. The van der Waals surface area contributed by atoms with E-state index >= 15 is 0 Å². The van der Waals surface area contributed by atoms with E-state index in [0.29, 0.717) is 5.92 Å². The molecule has 0 amide bonds. The fraction of sp³-hybridized carbons (Fsp3) is 0.571. The Bertz CT molecular complexity index is 592. The molecule has 0 aliphatic carbocycles. The minimum Gasteiger partial charge on any atom is -0.464 e. The molecule has 0 saturated heterocycles. The Morgan fingerprint density at radius 1 is 1.43 bits per heavy atom. The van der Waals surface area contributed by atoms with Crippen LogP contribution in [0.2, 0.25) is 0 Å². The minimum atomic E-state index is -0.900. The van der Waals surface area contributed by atoms with Gasteiger partial charge in [-0.2, -0.15) is 0 Å². The summed E-state index contributed by atoms with van der Waals surface area (Å²) in [6.45, 7) is 7.24. The highest BCUT2D eigenvalue weighted by Crippen LogP contribution is 2.14. The molecule has 0 saturated carbocycles. The lowest BCUT2D eigenvalue weighted by atomic mass is 10.1. The first kappa shape index (κ1) is 16.9. The number of carbonyl (C=O) groups is 1. The molecule has 1 atom stereocenters. The number of ether oxygens (including phenoxy) is 1. The van der Waals surface area contributed by atoms with Crippen LogP contribution in [0.25, 0.3) is 0 Å². The summed E-state index contributed by atoms with van der Waals surface area (Å²) in [6.07, 6.45) is 1.80. The molecule has 1 aromatic rings. The molecule has 1 unspecified atom stereocenters. The maximum absolute atomic E-state index is 12.0. The van der Waals surface area contributed by atoms with Crippen molar-refractivity contribution < 1.29 is 14.5 Å². The Hall–Kier alpha value is -2.18. The number of nitro groups is 1. The lowest BCUT2D eigenvalue weighted by molar-refractivity contribution is -0.385. The van der Waals surface area contributed by atoms with Gasteiger partial charge in [-0.05, 0) is 26.2 Å². The third-order valence-corrected chi connectivity index (χ3v) is 3.12. The summed E-state index contributed by atoms with van der Waals surface area (Å²) in [7, 11) is 0. The van der Waals surface area contributed by atoms with Crippen molar-refractivity contribution in [3.63, 3.8) is 0 Å². The molecular weight excluding hydrogens is 276 g/mol. The van der Waals surface area contributed by atoms with Crippen molar-refractivity contribution in [3.8, 4) is 0 Å². The Morgan fingerprint density at radius 3 is 2.57 bits per heavy atom. The fourth-order valence-electron chi connectivity index (χ4n) is 1.74. The van der Waals surface area contributed by atoms with Gasteiger partial charge in [0.1, 0.15) is 6.04 Å². The largest absolute Gasteiger partial charge is 0.464 e. The van der Waals surface area contributed by atoms with Crippen LogP contribution in [0.15, 0.2) is 17.1 Å². The second-order valence-electron chi connectivity index (χ2n) is 5.38. The van der Waals surface area contributed by atoms with Gasteiger partial charge < -0.3 is 4.74 Å². The monoisotopic (exact) mass is 296 g/mol. The van der Waals surface area contributed by atoms with Crippen LogP contribution in [-0.2, 0) is 9.53 Å². The number of hydrogen-bond donors (Lipinski definition) is 0. The third kappa shape index (κ3) is 4.40. The summed E-state index contributed by atoms with van der Waals surface area (Å²) >= 11 is 0. The second-order valence-corrected chi connectivity index (χ2v) is 5.38. The molecule has 0 N–H and O–H groups in total. The highest BCUT2D eigenvalue weighted by Gasteiger charge is 2.21. The number of rotatable bonds is 6. The van der Waals surface area contributed by atoms with Crippen LogP contribution in [0, 0.1) is 23.0 Å². The summed E-state index contributed by atoms with van der Waals surface area (Å²) < 4.78 is 6.14. The van der Waals surface area contributed by atoms with E-state index in [1.54, 1.807) is 0 Å². The van der Waals surface area contributed by atoms with Crippen molar-refractivity contribution in [1.82, 2.24) is 4.57 Å². The smallest absolute Gasteiger partial charge is 0.328 e. The molecule has 7 nitrogen and oxygen atoms in total. The van der Waals surface area contributed by atoms with E-state index in [9.17, 15) is 19.7 Å². The summed E-state index contributed by atoms with van der Waals surface area (Å²) in [5, 5.41) is 10.8. The van der Waals surface area contributed by atoms with E-state index in [1.807, 2.05) is 13.8 Å². The molecule has 0 bridgehead atoms. The van der Waals surface area contributed by atoms with Crippen molar-refractivity contribution in [3.05, 3.63) is 38.3 Å². The minimum absolute atomic E-state index is 0.214. The Balaban J connectivity index is 2.96. The predicted molar refractivity (Wildman–Crippen MR) is 77.2 cm³/mol. The van der Waals surface area contributed by atoms with Gasteiger partial charge in [-0.1, -0.05) is 13.8 Å². The van der Waals surface area contributed by atoms with E-state index in [2.05, 4.69) is 0 Å². The average molecular weight is 296 g/mol. The molecule has 1 rings (SSSR count). The van der Waals surface area contributed by atoms with Crippen LogP contribution in [0.5, 0.6) is 0 Å². The van der Waals surface area contributed by atoms with Gasteiger partial charge in [0.15, 0.2) is 0 Å². The molecule has 0 fully saturated rings. The van der Waals surface area contributed by atoms with Crippen molar-refractivity contribution >= 4 is 11.7 Å². The first-order valence-electron chi connectivity index (χ1n) is 6.77. The van der Waals surface area contributed by atoms with E-state index in [0.717, 1.165) is 17.2 Å². The van der Waals surface area contributed by atoms with Gasteiger partial charge in [0.25, 0.3) is 11.2 Å². The molecule has 21 heavy (non-hydrogen) atoms. The van der Waals surface area contributed by atoms with Crippen LogP contribution in [-0.4, -0.2) is 22.1 Å². The third-order valence-electron chi connectivity index (χ3n) is 3.12. The van der Waals surface area contributed by atoms with Crippen LogP contribution >= 0.6 is 0 Å². The van der Waals surface area contributed by atoms with E-state index in [-0.39, 0.29) is 17.9 Å². The van der Waals surface area contributed by atoms with Crippen LogP contribution in [0.3, 0.4) is 0 Å². The van der Waals surface area contributed by atoms with E-state index in [4.69, 9.17) is 4.74 Å². The number of nitrogens with zero attached hydrogens (tertiary/aromatic N) is 2. The topological polar surface area (TPSA) is 91.4 Å². The number of hydrogen-bond acceptors (Lipinski definition) is 5. The highest BCUT2D eigenvalue weighted by molar-refractivity contribution is 5.73. The van der Waals surface area contributed by atoms with Gasteiger partial charge in [0.2, 0.25) is 0 Å². The highest BCUT2D eigenvalue weighted by atomic mass is 16.6. The lowest BCUT2D eigenvalue weighted by Gasteiger charge is -2.15. The normalized spacial score (nSPS) is 12.2. The zero-order chi connectivity index (χ0) is 16.2. The fourth-order valence-corrected chi connectivity index (χ4v) is 1.74. The SMILES string of the molecule is Cc1cc([N+](=O)[O-])cn(C(C)C(=O)OCCC(C)C)c1=O. The number of aromatic nitrogens is 1. The van der Waals surface area contributed by atoms with Gasteiger partial charge in [0.05, 0.1) is 17.7 Å². The molecular formula is C14H20N2O5. The molecule has 1 aromatic heterocycles. The van der Waals surface area contributed by atoms with Crippen molar-refractivity contribution in [2.24, 2.45) is 5.92 Å². The Labute approximate surface area is 122 Å². The van der Waals surface area contributed by atoms with Crippen molar-refractivity contribution in [2.45, 2.75) is 40.2 Å². The van der Waals surface area contributed by atoms with Gasteiger partial charge in [0, 0.05) is 11.6 Å². The van der Waals surface area contributed by atoms with Crippen LogP contribution in [0.1, 0.15) is 38.8 Å². The average Bonchev–Trinajstić information content (AvgIpc) is 2.40. The maximum Gasteiger partial charge on any atom is 0.328 e. The standard InChI is InChI=1S/C14H20N2O5/c1-9(2)5-6-21-14(18)11(4)15-8-12(16(19)20)7-10(3)13(15)17/h7-9,11H,5-6H2,1-4H3. The molecule has 7 heteroatoms.